The summed E-state index contributed by atoms with van der Waals surface area (Å²) in [4.78, 5) is 40.6. The number of pyridine rings is 1. The second kappa shape index (κ2) is 6.18. The largest absolute Gasteiger partial charge is 0.481 e. The third-order valence-corrected chi connectivity index (χ3v) is 5.15. The highest BCUT2D eigenvalue weighted by atomic mass is 16.4. The molecule has 2 aliphatic rings. The van der Waals surface area contributed by atoms with Crippen molar-refractivity contribution in [1.29, 1.82) is 0 Å². The molecule has 1 aliphatic carbocycles. The van der Waals surface area contributed by atoms with Crippen molar-refractivity contribution in [1.82, 2.24) is 9.88 Å². The average Bonchev–Trinajstić information content (AvgIpc) is 2.75. The summed E-state index contributed by atoms with van der Waals surface area (Å²) in [7, 11) is 0. The first-order chi connectivity index (χ1) is 11.0. The fourth-order valence-corrected chi connectivity index (χ4v) is 3.72. The number of aromatic nitrogens is 1. The third-order valence-electron chi connectivity index (χ3n) is 5.15. The molecular formula is C17H22N2O4. The summed E-state index contributed by atoms with van der Waals surface area (Å²) in [5.41, 5.74) is 1.78. The average molecular weight is 318 g/mol. The van der Waals surface area contributed by atoms with Crippen molar-refractivity contribution >= 4 is 11.9 Å². The quantitative estimate of drug-likeness (QED) is 0.810. The number of nitrogens with one attached hydrogen (secondary N) is 1. The molecule has 1 saturated heterocycles. The predicted octanol–water partition coefficient (Wildman–Crippen LogP) is 1.58. The lowest BCUT2D eigenvalue weighted by Crippen LogP contribution is -2.40. The fourth-order valence-electron chi connectivity index (χ4n) is 3.72. The van der Waals surface area contributed by atoms with Crippen molar-refractivity contribution in [2.24, 2.45) is 5.92 Å². The van der Waals surface area contributed by atoms with E-state index < -0.39 is 17.9 Å². The Hall–Kier alpha value is -2.11. The molecule has 1 amide bonds. The van der Waals surface area contributed by atoms with E-state index in [-0.39, 0.29) is 17.0 Å². The Bertz CT molecular complexity index is 694. The van der Waals surface area contributed by atoms with E-state index in [0.29, 0.717) is 13.0 Å². The number of H-pyrrole nitrogens is 1. The molecule has 1 aliphatic heterocycles. The van der Waals surface area contributed by atoms with E-state index in [9.17, 15) is 19.5 Å². The van der Waals surface area contributed by atoms with Gasteiger partial charge in [0, 0.05) is 18.3 Å². The highest BCUT2D eigenvalue weighted by molar-refractivity contribution is 5.95. The van der Waals surface area contributed by atoms with Crippen molar-refractivity contribution < 1.29 is 14.7 Å². The maximum absolute atomic E-state index is 12.7. The highest BCUT2D eigenvalue weighted by Gasteiger charge is 2.39. The number of hydrogen-bond donors (Lipinski definition) is 2. The predicted molar refractivity (Wildman–Crippen MR) is 84.6 cm³/mol. The number of carbonyl (C=O) groups excluding carboxylic acids is 1. The molecule has 1 aromatic heterocycles. The van der Waals surface area contributed by atoms with Crippen molar-refractivity contribution in [2.45, 2.75) is 51.5 Å². The first-order valence-electron chi connectivity index (χ1n) is 8.28. The molecule has 0 aromatic carbocycles. The molecule has 1 fully saturated rings. The van der Waals surface area contributed by atoms with Crippen LogP contribution in [0.4, 0.5) is 0 Å². The van der Waals surface area contributed by atoms with Crippen LogP contribution in [0, 0.1) is 5.92 Å². The normalized spacial score (nSPS) is 24.1. The molecular weight excluding hydrogens is 296 g/mol. The molecule has 2 unspecified atom stereocenters. The van der Waals surface area contributed by atoms with Crippen molar-refractivity contribution in [3.05, 3.63) is 33.2 Å². The Morgan fingerprint density at radius 1 is 1.26 bits per heavy atom. The minimum atomic E-state index is -0.886. The van der Waals surface area contributed by atoms with Gasteiger partial charge in [-0.05, 0) is 50.7 Å². The maximum Gasteiger partial charge on any atom is 0.308 e. The number of fused-ring (bicyclic) bond motifs is 1. The van der Waals surface area contributed by atoms with Gasteiger partial charge in [-0.1, -0.05) is 6.42 Å². The minimum Gasteiger partial charge on any atom is -0.481 e. The molecule has 3 rings (SSSR count). The number of carboxylic acids is 1. The summed E-state index contributed by atoms with van der Waals surface area (Å²) in [5.74, 6) is -1.79. The molecule has 0 bridgehead atoms. The minimum absolute atomic E-state index is 0.142. The molecule has 124 valence electrons. The molecule has 2 heterocycles. The van der Waals surface area contributed by atoms with Gasteiger partial charge in [0.2, 0.25) is 0 Å². The number of carbonyl (C=O) groups is 2. The van der Waals surface area contributed by atoms with Crippen LogP contribution in [0.25, 0.3) is 0 Å². The van der Waals surface area contributed by atoms with Gasteiger partial charge in [0.05, 0.1) is 5.92 Å². The van der Waals surface area contributed by atoms with Crippen LogP contribution in [-0.4, -0.2) is 39.5 Å². The van der Waals surface area contributed by atoms with E-state index >= 15 is 0 Å². The number of aromatic amines is 1. The molecule has 6 nitrogen and oxygen atoms in total. The summed E-state index contributed by atoms with van der Waals surface area (Å²) in [6.07, 6.45) is 5.40. The van der Waals surface area contributed by atoms with Gasteiger partial charge in [-0.25, -0.2) is 0 Å². The standard InChI is InChI=1S/C17H22N2O4/c1-10-12(17(22)23)7-8-19(10)16(21)13-9-11-5-3-2-4-6-14(11)18-15(13)20/h9-10,12H,2-8H2,1H3,(H,18,20)(H,22,23). The van der Waals surface area contributed by atoms with Crippen LogP contribution in [0.1, 0.15) is 54.2 Å². The lowest BCUT2D eigenvalue weighted by molar-refractivity contribution is -0.142. The Morgan fingerprint density at radius 3 is 2.70 bits per heavy atom. The first kappa shape index (κ1) is 15.8. The fraction of sp³-hybridized carbons (Fsp3) is 0.588. The first-order valence-corrected chi connectivity index (χ1v) is 8.28. The van der Waals surface area contributed by atoms with Gasteiger partial charge in [0.15, 0.2) is 0 Å². The molecule has 0 saturated carbocycles. The van der Waals surface area contributed by atoms with E-state index in [2.05, 4.69) is 4.98 Å². The van der Waals surface area contributed by atoms with Crippen molar-refractivity contribution in [3.63, 3.8) is 0 Å². The molecule has 2 N–H and O–H groups in total. The second-order valence-corrected chi connectivity index (χ2v) is 6.55. The van der Waals surface area contributed by atoms with Gasteiger partial charge >= 0.3 is 5.97 Å². The molecule has 2 atom stereocenters. The number of hydrogen-bond acceptors (Lipinski definition) is 3. The number of likely N-dealkylation sites (tertiary alicyclic amines) is 1. The highest BCUT2D eigenvalue weighted by Crippen LogP contribution is 2.26. The summed E-state index contributed by atoms with van der Waals surface area (Å²) in [5, 5.41) is 9.19. The van der Waals surface area contributed by atoms with E-state index in [0.717, 1.165) is 43.4 Å². The van der Waals surface area contributed by atoms with Crippen LogP contribution in [-0.2, 0) is 17.6 Å². The molecule has 6 heteroatoms. The lowest BCUT2D eigenvalue weighted by atomic mass is 10.0. The number of aryl methyl sites for hydroxylation is 2. The summed E-state index contributed by atoms with van der Waals surface area (Å²) in [6, 6.07) is 1.33. The molecule has 1 aromatic rings. The Kier molecular flexibility index (Phi) is 4.24. The van der Waals surface area contributed by atoms with Gasteiger partial charge in [-0.15, -0.1) is 0 Å². The number of carboxylic acid groups (broad SMARTS) is 1. The van der Waals surface area contributed by atoms with Crippen molar-refractivity contribution in [2.75, 3.05) is 6.54 Å². The van der Waals surface area contributed by atoms with Crippen LogP contribution in [0.5, 0.6) is 0 Å². The Morgan fingerprint density at radius 2 is 2.00 bits per heavy atom. The maximum atomic E-state index is 12.7. The van der Waals surface area contributed by atoms with Crippen LogP contribution in [0.15, 0.2) is 10.9 Å². The van der Waals surface area contributed by atoms with Crippen LogP contribution >= 0.6 is 0 Å². The second-order valence-electron chi connectivity index (χ2n) is 6.55. The number of amides is 1. The van der Waals surface area contributed by atoms with Gasteiger partial charge < -0.3 is 15.0 Å². The van der Waals surface area contributed by atoms with E-state index in [4.69, 9.17) is 0 Å². The Labute approximate surface area is 134 Å². The molecule has 23 heavy (non-hydrogen) atoms. The lowest BCUT2D eigenvalue weighted by Gasteiger charge is -2.23. The number of rotatable bonds is 2. The SMILES string of the molecule is CC1C(C(=O)O)CCN1C(=O)c1cc2c([nH]c1=O)CCCCC2. The summed E-state index contributed by atoms with van der Waals surface area (Å²) in [6.45, 7) is 2.12. The van der Waals surface area contributed by atoms with E-state index in [1.165, 1.54) is 4.90 Å². The molecule has 0 radical (unpaired) electrons. The summed E-state index contributed by atoms with van der Waals surface area (Å²) >= 11 is 0. The zero-order valence-corrected chi connectivity index (χ0v) is 13.3. The monoisotopic (exact) mass is 318 g/mol. The van der Waals surface area contributed by atoms with E-state index in [1.54, 1.807) is 13.0 Å². The van der Waals surface area contributed by atoms with Crippen LogP contribution in [0.2, 0.25) is 0 Å². The van der Waals surface area contributed by atoms with Crippen LogP contribution in [0.3, 0.4) is 0 Å². The smallest absolute Gasteiger partial charge is 0.308 e. The third kappa shape index (κ3) is 2.90. The van der Waals surface area contributed by atoms with Gasteiger partial charge in [0.1, 0.15) is 5.56 Å². The zero-order valence-electron chi connectivity index (χ0n) is 13.3. The van der Waals surface area contributed by atoms with Gasteiger partial charge in [0.25, 0.3) is 11.5 Å². The van der Waals surface area contributed by atoms with Gasteiger partial charge in [-0.2, -0.15) is 0 Å². The number of nitrogens with zero attached hydrogens (tertiary/aromatic N) is 1. The molecule has 0 spiro atoms. The zero-order chi connectivity index (χ0) is 16.6. The van der Waals surface area contributed by atoms with Crippen LogP contribution < -0.4 is 5.56 Å². The Balaban J connectivity index is 1.90. The summed E-state index contributed by atoms with van der Waals surface area (Å²) < 4.78 is 0. The van der Waals surface area contributed by atoms with Gasteiger partial charge in [-0.3, -0.25) is 14.4 Å². The van der Waals surface area contributed by atoms with E-state index in [1.807, 2.05) is 0 Å². The number of aliphatic carboxylic acids is 1. The van der Waals surface area contributed by atoms with Crippen molar-refractivity contribution in [3.8, 4) is 0 Å². The topological polar surface area (TPSA) is 90.5 Å².